The zero-order chi connectivity index (χ0) is 15.1. The van der Waals surface area contributed by atoms with Crippen molar-refractivity contribution in [3.05, 3.63) is 60.6 Å². The molecule has 1 saturated heterocycles. The van der Waals surface area contributed by atoms with Crippen LogP contribution < -0.4 is 5.73 Å². The standard InChI is InChI=1S/C15H10BrClINO2/c16-8-5-10(12(19)11(18)6-8)13(20)15-14(21-15)7-1-3-9(17)4-2-7/h1-6,14-15H,19H2/t14-,15-/m0/s1. The molecular weight excluding hydrogens is 468 g/mol. The van der Waals surface area contributed by atoms with Crippen molar-refractivity contribution in [1.29, 1.82) is 0 Å². The predicted molar refractivity (Wildman–Crippen MR) is 94.7 cm³/mol. The van der Waals surface area contributed by atoms with E-state index in [1.807, 2.05) is 18.2 Å². The quantitative estimate of drug-likeness (QED) is 0.303. The minimum absolute atomic E-state index is 0.0910. The summed E-state index contributed by atoms with van der Waals surface area (Å²) in [6.07, 6.45) is -0.690. The molecule has 0 radical (unpaired) electrons. The average Bonchev–Trinajstić information content (AvgIpc) is 3.23. The Morgan fingerprint density at radius 3 is 2.62 bits per heavy atom. The molecule has 1 fully saturated rings. The number of hydrogen-bond acceptors (Lipinski definition) is 3. The molecule has 1 aliphatic rings. The second kappa shape index (κ2) is 5.87. The summed E-state index contributed by atoms with van der Waals surface area (Å²) in [5, 5.41) is 0.660. The van der Waals surface area contributed by atoms with E-state index in [0.717, 1.165) is 13.6 Å². The smallest absolute Gasteiger partial charge is 0.196 e. The summed E-state index contributed by atoms with van der Waals surface area (Å²) >= 11 is 11.4. The van der Waals surface area contributed by atoms with Crippen molar-refractivity contribution in [3.8, 4) is 0 Å². The zero-order valence-corrected chi connectivity index (χ0v) is 15.1. The van der Waals surface area contributed by atoms with E-state index in [9.17, 15) is 4.79 Å². The fourth-order valence-corrected chi connectivity index (χ4v) is 3.80. The second-order valence-corrected chi connectivity index (χ2v) is 7.26. The summed E-state index contributed by atoms with van der Waals surface area (Å²) in [5.74, 6) is -0.0910. The molecule has 0 saturated carbocycles. The number of Topliss-reactive ketones (excluding diaryl/α,β-unsaturated/α-hetero) is 1. The van der Waals surface area contributed by atoms with E-state index >= 15 is 0 Å². The molecule has 0 bridgehead atoms. The van der Waals surface area contributed by atoms with Crippen LogP contribution in [0.2, 0.25) is 5.02 Å². The number of ketones is 1. The molecule has 0 unspecified atom stereocenters. The van der Waals surface area contributed by atoms with Gasteiger partial charge in [0.1, 0.15) is 6.10 Å². The van der Waals surface area contributed by atoms with E-state index < -0.39 is 6.10 Å². The normalized spacial score (nSPS) is 20.3. The van der Waals surface area contributed by atoms with Crippen LogP contribution in [-0.2, 0) is 4.74 Å². The molecule has 0 aromatic heterocycles. The fraction of sp³-hybridized carbons (Fsp3) is 0.133. The van der Waals surface area contributed by atoms with Gasteiger partial charge in [-0.1, -0.05) is 39.7 Å². The predicted octanol–water partition coefficient (Wildman–Crippen LogP) is 4.61. The molecule has 108 valence electrons. The van der Waals surface area contributed by atoms with E-state index in [2.05, 4.69) is 38.5 Å². The number of nitrogen functional groups attached to an aromatic ring is 1. The van der Waals surface area contributed by atoms with E-state index in [0.29, 0.717) is 16.3 Å². The van der Waals surface area contributed by atoms with Gasteiger partial charge < -0.3 is 10.5 Å². The number of halogens is 3. The van der Waals surface area contributed by atoms with E-state index in [-0.39, 0.29) is 11.9 Å². The van der Waals surface area contributed by atoms with Crippen LogP contribution in [0.1, 0.15) is 22.0 Å². The lowest BCUT2D eigenvalue weighted by molar-refractivity contribution is 0.0954. The third-order valence-electron chi connectivity index (χ3n) is 3.31. The minimum Gasteiger partial charge on any atom is -0.397 e. The Labute approximate surface area is 149 Å². The summed E-state index contributed by atoms with van der Waals surface area (Å²) in [5.41, 5.74) is 7.94. The second-order valence-electron chi connectivity index (χ2n) is 4.74. The largest absolute Gasteiger partial charge is 0.397 e. The number of nitrogens with two attached hydrogens (primary N) is 1. The third-order valence-corrected chi connectivity index (χ3v) is 4.91. The van der Waals surface area contributed by atoms with Crippen LogP contribution in [0.3, 0.4) is 0 Å². The Morgan fingerprint density at radius 1 is 1.29 bits per heavy atom. The van der Waals surface area contributed by atoms with Crippen LogP contribution in [0, 0.1) is 3.57 Å². The number of hydrogen-bond donors (Lipinski definition) is 1. The van der Waals surface area contributed by atoms with Crippen molar-refractivity contribution in [2.75, 3.05) is 5.73 Å². The van der Waals surface area contributed by atoms with Crippen LogP contribution in [0.5, 0.6) is 0 Å². The highest BCUT2D eigenvalue weighted by atomic mass is 127. The number of rotatable bonds is 3. The number of ether oxygens (including phenoxy) is 1. The highest BCUT2D eigenvalue weighted by Crippen LogP contribution is 2.42. The van der Waals surface area contributed by atoms with E-state index in [4.69, 9.17) is 22.1 Å². The number of epoxide rings is 1. The van der Waals surface area contributed by atoms with Crippen LogP contribution >= 0.6 is 50.1 Å². The molecule has 3 nitrogen and oxygen atoms in total. The molecule has 1 heterocycles. The summed E-state index contributed by atoms with van der Waals surface area (Å²) in [7, 11) is 0. The number of benzene rings is 2. The molecule has 2 atom stereocenters. The van der Waals surface area contributed by atoms with Crippen LogP contribution in [0.4, 0.5) is 5.69 Å². The lowest BCUT2D eigenvalue weighted by atomic mass is 10.0. The molecule has 2 aromatic carbocycles. The third kappa shape index (κ3) is 3.11. The van der Waals surface area contributed by atoms with Gasteiger partial charge in [0, 0.05) is 18.6 Å². The van der Waals surface area contributed by atoms with Gasteiger partial charge in [-0.25, -0.2) is 0 Å². The Hall–Kier alpha value is -0.630. The van der Waals surface area contributed by atoms with Crippen molar-refractivity contribution >= 4 is 61.6 Å². The van der Waals surface area contributed by atoms with Crippen molar-refractivity contribution in [3.63, 3.8) is 0 Å². The van der Waals surface area contributed by atoms with Gasteiger partial charge in [0.15, 0.2) is 11.9 Å². The molecule has 0 aliphatic carbocycles. The first-order valence-corrected chi connectivity index (χ1v) is 8.42. The lowest BCUT2D eigenvalue weighted by Crippen LogP contribution is -2.12. The van der Waals surface area contributed by atoms with Gasteiger partial charge in [0.25, 0.3) is 0 Å². The van der Waals surface area contributed by atoms with Gasteiger partial charge in [-0.3, -0.25) is 4.79 Å². The maximum atomic E-state index is 12.5. The average molecular weight is 479 g/mol. The van der Waals surface area contributed by atoms with Gasteiger partial charge in [0.05, 0.1) is 5.69 Å². The van der Waals surface area contributed by atoms with E-state index in [1.54, 1.807) is 18.2 Å². The highest BCUT2D eigenvalue weighted by Gasteiger charge is 2.46. The Kier molecular flexibility index (Phi) is 4.27. The van der Waals surface area contributed by atoms with E-state index in [1.165, 1.54) is 0 Å². The Balaban J connectivity index is 1.84. The van der Waals surface area contributed by atoms with Crippen molar-refractivity contribution in [2.45, 2.75) is 12.2 Å². The molecule has 21 heavy (non-hydrogen) atoms. The number of carbonyl (C=O) groups excluding carboxylic acids is 1. The SMILES string of the molecule is Nc1c(I)cc(Br)cc1C(=O)[C@@H]1O[C@H]1c1ccc(Cl)cc1. The Bertz CT molecular complexity index is 720. The maximum Gasteiger partial charge on any atom is 0.196 e. The summed E-state index contributed by atoms with van der Waals surface area (Å²) < 4.78 is 7.20. The monoisotopic (exact) mass is 477 g/mol. The maximum absolute atomic E-state index is 12.5. The lowest BCUT2D eigenvalue weighted by Gasteiger charge is -2.06. The number of anilines is 1. The molecule has 2 N–H and O–H groups in total. The van der Waals surface area contributed by atoms with Crippen LogP contribution in [-0.4, -0.2) is 11.9 Å². The fourth-order valence-electron chi connectivity index (χ4n) is 2.16. The summed E-state index contributed by atoms with van der Waals surface area (Å²) in [6, 6.07) is 10.9. The molecule has 0 amide bonds. The van der Waals surface area contributed by atoms with Gasteiger partial charge in [-0.2, -0.15) is 0 Å². The summed E-state index contributed by atoms with van der Waals surface area (Å²) in [6.45, 7) is 0. The van der Waals surface area contributed by atoms with Crippen molar-refractivity contribution < 1.29 is 9.53 Å². The van der Waals surface area contributed by atoms with Gasteiger partial charge >= 0.3 is 0 Å². The van der Waals surface area contributed by atoms with Crippen LogP contribution in [0.15, 0.2) is 40.9 Å². The first-order valence-electron chi connectivity index (χ1n) is 6.17. The van der Waals surface area contributed by atoms with Crippen molar-refractivity contribution in [2.24, 2.45) is 0 Å². The Morgan fingerprint density at radius 2 is 1.95 bits per heavy atom. The zero-order valence-electron chi connectivity index (χ0n) is 10.6. The molecule has 2 aromatic rings. The first-order chi connectivity index (χ1) is 9.97. The molecule has 6 heteroatoms. The molecule has 3 rings (SSSR count). The molecule has 1 aliphatic heterocycles. The molecule has 0 spiro atoms. The van der Waals surface area contributed by atoms with Gasteiger partial charge in [-0.15, -0.1) is 0 Å². The van der Waals surface area contributed by atoms with Crippen LogP contribution in [0.25, 0.3) is 0 Å². The van der Waals surface area contributed by atoms with Gasteiger partial charge in [-0.05, 0) is 52.4 Å². The first kappa shape index (κ1) is 15.3. The molecular formula is C15H10BrClINO2. The highest BCUT2D eigenvalue weighted by molar-refractivity contribution is 14.1. The topological polar surface area (TPSA) is 55.6 Å². The summed E-state index contributed by atoms with van der Waals surface area (Å²) in [4.78, 5) is 12.5. The van der Waals surface area contributed by atoms with Gasteiger partial charge in [0.2, 0.25) is 0 Å². The minimum atomic E-state index is -0.474. The van der Waals surface area contributed by atoms with Crippen molar-refractivity contribution in [1.82, 2.24) is 0 Å². The number of carbonyl (C=O) groups is 1.